The van der Waals surface area contributed by atoms with Crippen molar-refractivity contribution in [3.63, 3.8) is 0 Å². The van der Waals surface area contributed by atoms with E-state index < -0.39 is 0 Å². The highest BCUT2D eigenvalue weighted by Gasteiger charge is 2.14. The van der Waals surface area contributed by atoms with Gasteiger partial charge in [0.25, 0.3) is 0 Å². The molecular formula is C17H18N6. The zero-order chi connectivity index (χ0) is 15.8. The summed E-state index contributed by atoms with van der Waals surface area (Å²) in [6.45, 7) is 1.74. The summed E-state index contributed by atoms with van der Waals surface area (Å²) in [5, 5.41) is 3.41. The number of para-hydroxylation sites is 2. The van der Waals surface area contributed by atoms with Gasteiger partial charge < -0.3 is 10.2 Å². The summed E-state index contributed by atoms with van der Waals surface area (Å²) in [4.78, 5) is 16.1. The minimum Gasteiger partial charge on any atom is -0.366 e. The molecule has 23 heavy (non-hydrogen) atoms. The fourth-order valence-corrected chi connectivity index (χ4v) is 2.73. The Morgan fingerprint density at radius 1 is 1.00 bits per heavy atom. The van der Waals surface area contributed by atoms with E-state index in [1.807, 2.05) is 30.3 Å². The average molecular weight is 306 g/mol. The Hall–Kier alpha value is -2.73. The van der Waals surface area contributed by atoms with Crippen LogP contribution in [0, 0.1) is 0 Å². The highest BCUT2D eigenvalue weighted by molar-refractivity contribution is 5.90. The van der Waals surface area contributed by atoms with Gasteiger partial charge in [-0.1, -0.05) is 12.1 Å². The highest BCUT2D eigenvalue weighted by Crippen LogP contribution is 2.25. The molecule has 0 atom stereocenters. The lowest BCUT2D eigenvalue weighted by Crippen LogP contribution is -2.21. The first-order valence-corrected chi connectivity index (χ1v) is 7.64. The van der Waals surface area contributed by atoms with E-state index in [-0.39, 0.29) is 0 Å². The van der Waals surface area contributed by atoms with E-state index in [4.69, 9.17) is 9.97 Å². The number of imidazole rings is 1. The van der Waals surface area contributed by atoms with Crippen molar-refractivity contribution in [2.45, 2.75) is 0 Å². The van der Waals surface area contributed by atoms with Gasteiger partial charge in [-0.25, -0.2) is 15.0 Å². The maximum absolute atomic E-state index is 4.75. The van der Waals surface area contributed by atoms with Crippen LogP contribution in [-0.4, -0.2) is 51.4 Å². The summed E-state index contributed by atoms with van der Waals surface area (Å²) in [7, 11) is 4.11. The summed E-state index contributed by atoms with van der Waals surface area (Å²) in [5.74, 6) is 0.795. The van der Waals surface area contributed by atoms with Crippen LogP contribution in [-0.2, 0) is 0 Å². The molecule has 3 aromatic heterocycles. The molecule has 0 fully saturated rings. The molecule has 0 saturated heterocycles. The SMILES string of the molecule is CN(C)CCNc1nc2cccnc2n2c1nc1ccccc12. The van der Waals surface area contributed by atoms with Crippen molar-refractivity contribution < 1.29 is 0 Å². The molecule has 6 heteroatoms. The second-order valence-electron chi connectivity index (χ2n) is 5.80. The first kappa shape index (κ1) is 13.9. The number of hydrogen-bond donors (Lipinski definition) is 1. The Morgan fingerprint density at radius 2 is 1.83 bits per heavy atom. The molecule has 4 aromatic rings. The molecule has 0 aliphatic heterocycles. The Morgan fingerprint density at radius 3 is 2.70 bits per heavy atom. The molecule has 0 saturated carbocycles. The quantitative estimate of drug-likeness (QED) is 0.627. The lowest BCUT2D eigenvalue weighted by Gasteiger charge is -2.12. The number of rotatable bonds is 4. The zero-order valence-electron chi connectivity index (χ0n) is 13.2. The fourth-order valence-electron chi connectivity index (χ4n) is 2.73. The number of anilines is 1. The van der Waals surface area contributed by atoms with Gasteiger partial charge in [0.2, 0.25) is 0 Å². The Balaban J connectivity index is 1.97. The molecule has 3 heterocycles. The predicted octanol–water partition coefficient (Wildman–Crippen LogP) is 2.40. The van der Waals surface area contributed by atoms with Crippen LogP contribution in [0.15, 0.2) is 42.6 Å². The van der Waals surface area contributed by atoms with Gasteiger partial charge >= 0.3 is 0 Å². The standard InChI is InChI=1S/C17H18N6/c1-22(2)11-10-18-15-17-21-12-6-3-4-8-14(12)23(17)16-13(20-15)7-5-9-19-16/h3-9H,10-11H2,1-2H3,(H,18,20). The number of nitrogens with one attached hydrogen (secondary N) is 1. The molecule has 0 aliphatic rings. The van der Waals surface area contributed by atoms with Crippen LogP contribution in [0.5, 0.6) is 0 Å². The molecule has 0 aliphatic carbocycles. The summed E-state index contributed by atoms with van der Waals surface area (Å²) >= 11 is 0. The number of nitrogens with zero attached hydrogens (tertiary/aromatic N) is 5. The summed E-state index contributed by atoms with van der Waals surface area (Å²) in [6, 6.07) is 12.0. The Labute approximate surface area is 133 Å². The van der Waals surface area contributed by atoms with Crippen molar-refractivity contribution in [1.82, 2.24) is 24.3 Å². The van der Waals surface area contributed by atoms with E-state index in [0.29, 0.717) is 0 Å². The Bertz CT molecular complexity index is 988. The van der Waals surface area contributed by atoms with E-state index in [2.05, 4.69) is 39.8 Å². The van der Waals surface area contributed by atoms with Gasteiger partial charge in [0.15, 0.2) is 17.1 Å². The third-order valence-electron chi connectivity index (χ3n) is 3.83. The van der Waals surface area contributed by atoms with Crippen molar-refractivity contribution in [2.75, 3.05) is 32.5 Å². The van der Waals surface area contributed by atoms with Gasteiger partial charge in [-0.3, -0.25) is 4.40 Å². The molecule has 0 radical (unpaired) electrons. The maximum atomic E-state index is 4.75. The second kappa shape index (κ2) is 5.48. The third-order valence-corrected chi connectivity index (χ3v) is 3.83. The molecule has 0 bridgehead atoms. The van der Waals surface area contributed by atoms with Crippen LogP contribution >= 0.6 is 0 Å². The van der Waals surface area contributed by atoms with E-state index >= 15 is 0 Å². The van der Waals surface area contributed by atoms with E-state index in [9.17, 15) is 0 Å². The fraction of sp³-hybridized carbons (Fsp3) is 0.235. The van der Waals surface area contributed by atoms with Gasteiger partial charge in [0, 0.05) is 19.3 Å². The first-order chi connectivity index (χ1) is 11.2. The summed E-state index contributed by atoms with van der Waals surface area (Å²) < 4.78 is 2.08. The van der Waals surface area contributed by atoms with Crippen LogP contribution in [0.2, 0.25) is 0 Å². The van der Waals surface area contributed by atoms with Crippen LogP contribution in [0.25, 0.3) is 27.8 Å². The molecule has 0 unspecified atom stereocenters. The molecule has 6 nitrogen and oxygen atoms in total. The summed E-state index contributed by atoms with van der Waals surface area (Å²) in [6.07, 6.45) is 1.79. The Kier molecular flexibility index (Phi) is 3.31. The topological polar surface area (TPSA) is 58.3 Å². The molecule has 1 aromatic carbocycles. The van der Waals surface area contributed by atoms with E-state index in [1.54, 1.807) is 6.20 Å². The van der Waals surface area contributed by atoms with Crippen molar-refractivity contribution >= 4 is 33.7 Å². The monoisotopic (exact) mass is 306 g/mol. The van der Waals surface area contributed by atoms with Gasteiger partial charge in [0.05, 0.1) is 11.0 Å². The van der Waals surface area contributed by atoms with Crippen molar-refractivity contribution in [1.29, 1.82) is 0 Å². The molecule has 116 valence electrons. The highest BCUT2D eigenvalue weighted by atomic mass is 15.2. The number of hydrogen-bond acceptors (Lipinski definition) is 5. The van der Waals surface area contributed by atoms with Crippen molar-refractivity contribution in [3.05, 3.63) is 42.6 Å². The number of aromatic nitrogens is 4. The largest absolute Gasteiger partial charge is 0.366 e. The smallest absolute Gasteiger partial charge is 0.182 e. The lowest BCUT2D eigenvalue weighted by molar-refractivity contribution is 0.425. The van der Waals surface area contributed by atoms with Crippen LogP contribution < -0.4 is 5.32 Å². The van der Waals surface area contributed by atoms with Crippen molar-refractivity contribution in [2.24, 2.45) is 0 Å². The van der Waals surface area contributed by atoms with Gasteiger partial charge in [-0.05, 0) is 38.4 Å². The third kappa shape index (κ3) is 2.37. The zero-order valence-corrected chi connectivity index (χ0v) is 13.2. The number of likely N-dealkylation sites (N-methyl/N-ethyl adjacent to an activating group) is 1. The normalized spacial score (nSPS) is 11.8. The van der Waals surface area contributed by atoms with Gasteiger partial charge in [0.1, 0.15) is 5.52 Å². The van der Waals surface area contributed by atoms with E-state index in [1.165, 1.54) is 0 Å². The number of pyridine rings is 1. The maximum Gasteiger partial charge on any atom is 0.182 e. The second-order valence-corrected chi connectivity index (χ2v) is 5.80. The van der Waals surface area contributed by atoms with Gasteiger partial charge in [-0.2, -0.15) is 0 Å². The molecule has 4 rings (SSSR count). The lowest BCUT2D eigenvalue weighted by atomic mass is 10.3. The molecular weight excluding hydrogens is 288 g/mol. The number of fused-ring (bicyclic) bond motifs is 5. The molecule has 0 spiro atoms. The predicted molar refractivity (Wildman–Crippen MR) is 92.8 cm³/mol. The minimum atomic E-state index is 0.795. The van der Waals surface area contributed by atoms with Crippen LogP contribution in [0.4, 0.5) is 5.82 Å². The number of benzene rings is 1. The average Bonchev–Trinajstić information content (AvgIpc) is 2.94. The first-order valence-electron chi connectivity index (χ1n) is 7.64. The van der Waals surface area contributed by atoms with Crippen LogP contribution in [0.1, 0.15) is 0 Å². The minimum absolute atomic E-state index is 0.795. The molecule has 0 amide bonds. The van der Waals surface area contributed by atoms with Crippen LogP contribution in [0.3, 0.4) is 0 Å². The molecule has 1 N–H and O–H groups in total. The van der Waals surface area contributed by atoms with Crippen molar-refractivity contribution in [3.8, 4) is 0 Å². The van der Waals surface area contributed by atoms with Gasteiger partial charge in [-0.15, -0.1) is 0 Å². The van der Waals surface area contributed by atoms with E-state index in [0.717, 1.165) is 46.8 Å². The summed E-state index contributed by atoms with van der Waals surface area (Å²) in [5.41, 5.74) is 4.49.